The average molecular weight is 624 g/mol. The third kappa shape index (κ3) is 43.7. The number of nitrogens with zero attached hydrogens (tertiary/aromatic N) is 2. The van der Waals surface area contributed by atoms with Gasteiger partial charge in [0.2, 0.25) is 0 Å². The SMILES string of the molecule is CC(=[N-])C(C)=[N-].[CH3-].[CH3-].[Ni].[Re].[Rf]. The predicted octanol–water partition coefficient (Wildman–Crippen LogP) is 1.94. The molecule has 11 heavy (non-hydrogen) atoms. The van der Waals surface area contributed by atoms with Crippen LogP contribution in [0.4, 0.5) is 0 Å². The fraction of sp³-hybridized carbons (Fsp3) is 0.333. The van der Waals surface area contributed by atoms with Crippen LogP contribution in [0.3, 0.4) is 0 Å². The van der Waals surface area contributed by atoms with E-state index in [1.807, 2.05) is 0 Å². The quantitative estimate of drug-likeness (QED) is 0.244. The van der Waals surface area contributed by atoms with E-state index in [2.05, 4.69) is 0 Å². The van der Waals surface area contributed by atoms with Gasteiger partial charge in [-0.3, -0.25) is 0 Å². The van der Waals surface area contributed by atoms with Crippen LogP contribution in [0.15, 0.2) is 0 Å². The minimum Gasteiger partial charge on any atom is -0.809 e. The van der Waals surface area contributed by atoms with Crippen LogP contribution < -0.4 is 0 Å². The molecule has 0 unspecified atom stereocenters. The van der Waals surface area contributed by atoms with Crippen molar-refractivity contribution in [2.75, 3.05) is 0 Å². The standard InChI is InChI=1S/C4H6N2.2CH3.Ni.Re.Rf/c1-3(5)4(2)6;;;;;/h1-2H3;2*1H3;;;/q-2;2*-1;;;. The molecule has 5 heteroatoms. The minimum absolute atomic E-state index is 0. The molecule has 0 fully saturated rings. The van der Waals surface area contributed by atoms with Gasteiger partial charge in [0.05, 0.1) is 0 Å². The Balaban J connectivity index is -0.0000000125. The topological polar surface area (TPSA) is 44.6 Å². The van der Waals surface area contributed by atoms with Crippen molar-refractivity contribution in [3.05, 3.63) is 25.7 Å². The van der Waals surface area contributed by atoms with E-state index >= 15 is 0 Å². The van der Waals surface area contributed by atoms with Crippen molar-refractivity contribution in [1.29, 1.82) is 0 Å². The molecule has 0 atom stereocenters. The van der Waals surface area contributed by atoms with Crippen LogP contribution in [-0.2, 0) is 36.9 Å². The molecule has 0 aliphatic rings. The van der Waals surface area contributed by atoms with E-state index in [0.29, 0.717) is 0 Å². The zero-order chi connectivity index (χ0) is 5.15. The molecule has 0 rings (SSSR count). The second kappa shape index (κ2) is 22.7. The first kappa shape index (κ1) is 46.8. The molecule has 0 saturated carbocycles. The first-order valence-corrected chi connectivity index (χ1v) is 1.70. The second-order valence-corrected chi connectivity index (χ2v) is 1.17. The van der Waals surface area contributed by atoms with Crippen molar-refractivity contribution in [3.8, 4) is 0 Å². The van der Waals surface area contributed by atoms with Crippen molar-refractivity contribution in [3.63, 3.8) is 0 Å². The molecule has 1 radical (unpaired) electrons. The van der Waals surface area contributed by atoms with Gasteiger partial charge in [-0.25, -0.2) is 11.4 Å². The summed E-state index contributed by atoms with van der Waals surface area (Å²) >= 11 is 0. The van der Waals surface area contributed by atoms with Gasteiger partial charge in [0.1, 0.15) is 0 Å². The van der Waals surface area contributed by atoms with Crippen molar-refractivity contribution in [2.45, 2.75) is 13.8 Å². The monoisotopic (exact) mass is 624 g/mol. The molecule has 0 amide bonds. The van der Waals surface area contributed by atoms with E-state index < -0.39 is 0 Å². The van der Waals surface area contributed by atoms with Crippen LogP contribution in [0, 0.1) is 14.9 Å². The molecule has 0 aliphatic heterocycles. The number of hydrogen-bond donors (Lipinski definition) is 0. The Kier molecular flexibility index (Phi) is 96.6. The van der Waals surface area contributed by atoms with Crippen molar-refractivity contribution >= 4 is 11.4 Å². The summed E-state index contributed by atoms with van der Waals surface area (Å²) in [7, 11) is 0. The summed E-state index contributed by atoms with van der Waals surface area (Å²) in [5, 5.41) is 16.5. The van der Waals surface area contributed by atoms with Crippen molar-refractivity contribution in [2.24, 2.45) is 0 Å². The van der Waals surface area contributed by atoms with Crippen LogP contribution in [0.2, 0.25) is 0 Å². The molecule has 0 aliphatic carbocycles. The van der Waals surface area contributed by atoms with E-state index in [1.54, 1.807) is 0 Å². The van der Waals surface area contributed by atoms with Gasteiger partial charge >= 0.3 is 0 Å². The summed E-state index contributed by atoms with van der Waals surface area (Å²) in [4.78, 5) is 0. The van der Waals surface area contributed by atoms with E-state index in [0.717, 1.165) is 0 Å². The van der Waals surface area contributed by atoms with Crippen LogP contribution in [0.1, 0.15) is 13.8 Å². The Morgan fingerprint density at radius 2 is 1.00 bits per heavy atom. The van der Waals surface area contributed by atoms with E-state index in [9.17, 15) is 0 Å². The van der Waals surface area contributed by atoms with Crippen LogP contribution in [0.5, 0.6) is 0 Å². The molecule has 69 valence electrons. The molecule has 0 aromatic carbocycles. The fourth-order valence-electron chi connectivity index (χ4n) is 0. The second-order valence-electron chi connectivity index (χ2n) is 1.17. The number of hydrogen-bond acceptors (Lipinski definition) is 0. The molecule has 0 aromatic rings. The minimum atomic E-state index is -0.0185. The third-order valence-electron chi connectivity index (χ3n) is 0.524. The number of rotatable bonds is 1. The Morgan fingerprint density at radius 1 is 0.909 bits per heavy atom. The Hall–Kier alpha value is -0.504. The fourth-order valence-corrected chi connectivity index (χ4v) is 0. The van der Waals surface area contributed by atoms with E-state index in [4.69, 9.17) is 10.8 Å². The summed E-state index contributed by atoms with van der Waals surface area (Å²) in [6.45, 7) is 2.85. The normalized spacial score (nSPS) is 4.18. The largest absolute Gasteiger partial charge is 0.809 e. The molecular formula is C6H12N2NiReRf-4. The summed E-state index contributed by atoms with van der Waals surface area (Å²) in [6, 6.07) is 0. The van der Waals surface area contributed by atoms with Crippen molar-refractivity contribution < 1.29 is 36.9 Å². The molecule has 0 saturated heterocycles. The van der Waals surface area contributed by atoms with Crippen molar-refractivity contribution in [1.82, 2.24) is 0 Å². The van der Waals surface area contributed by atoms with Gasteiger partial charge in [-0.05, 0) is 0 Å². The summed E-state index contributed by atoms with van der Waals surface area (Å²) in [5.74, 6) is 0. The average Bonchev–Trinajstić information content (AvgIpc) is 1.36. The summed E-state index contributed by atoms with van der Waals surface area (Å²) in [5.41, 5.74) is -0.0370. The Morgan fingerprint density at radius 3 is 1.00 bits per heavy atom. The molecule has 0 N–H and O–H groups in total. The molecular weight excluding hydrogens is 612 g/mol. The first-order valence-electron chi connectivity index (χ1n) is 1.70. The van der Waals surface area contributed by atoms with Gasteiger partial charge in [0.15, 0.2) is 0 Å². The maximum absolute atomic E-state index is 8.26. The summed E-state index contributed by atoms with van der Waals surface area (Å²) < 4.78 is 0. The Labute approximate surface area is 87.8 Å². The van der Waals surface area contributed by atoms with Crippen LogP contribution >= 0.6 is 0 Å². The molecule has 0 spiro atoms. The van der Waals surface area contributed by atoms with Crippen LogP contribution in [0.25, 0.3) is 10.8 Å². The van der Waals surface area contributed by atoms with Gasteiger partial charge in [0.25, 0.3) is 0 Å². The third-order valence-corrected chi connectivity index (χ3v) is 0.524. The first-order chi connectivity index (χ1) is 2.64. The Bertz CT molecular complexity index is 86.6. The van der Waals surface area contributed by atoms with Gasteiger partial charge in [0, 0.05) is 36.9 Å². The summed E-state index contributed by atoms with van der Waals surface area (Å²) in [6.07, 6.45) is 0. The zero-order valence-electron chi connectivity index (χ0n) is 7.30. The van der Waals surface area contributed by atoms with Crippen LogP contribution in [-0.4, -0.2) is 11.4 Å². The molecule has 0 heterocycles. The molecule has 0 aromatic heterocycles. The smallest absolute Gasteiger partial charge is 0 e. The maximum Gasteiger partial charge on any atom is 0 e. The molecule has 0 bridgehead atoms. The van der Waals surface area contributed by atoms with Gasteiger partial charge in [-0.15, -0.1) is 0 Å². The van der Waals surface area contributed by atoms with Gasteiger partial charge < -0.3 is 25.7 Å². The van der Waals surface area contributed by atoms with Gasteiger partial charge in [-0.2, -0.15) is 0 Å². The maximum atomic E-state index is 8.26. The van der Waals surface area contributed by atoms with E-state index in [-0.39, 0.29) is 63.2 Å². The predicted molar refractivity (Wildman–Crippen MR) is 40.9 cm³/mol. The molecule has 2 nitrogen and oxygen atoms in total. The zero-order valence-corrected chi connectivity index (χ0v) is 17.4. The van der Waals surface area contributed by atoms with E-state index in [1.165, 1.54) is 13.8 Å². The van der Waals surface area contributed by atoms with Gasteiger partial charge in [-0.1, -0.05) is 13.8 Å².